The minimum absolute atomic E-state index is 0.477. The van der Waals surface area contributed by atoms with Crippen molar-refractivity contribution in [1.29, 1.82) is 0 Å². The normalized spacial score (nSPS) is 23.0. The Morgan fingerprint density at radius 3 is 2.89 bits per heavy atom. The van der Waals surface area contributed by atoms with E-state index in [1.807, 2.05) is 11.8 Å². The van der Waals surface area contributed by atoms with Gasteiger partial charge in [0.25, 0.3) is 0 Å². The quantitative estimate of drug-likeness (QED) is 0.624. The van der Waals surface area contributed by atoms with Gasteiger partial charge >= 0.3 is 0 Å². The zero-order chi connectivity index (χ0) is 6.27. The summed E-state index contributed by atoms with van der Waals surface area (Å²) in [5.41, 5.74) is 2.43. The van der Waals surface area contributed by atoms with E-state index in [9.17, 15) is 0 Å². The van der Waals surface area contributed by atoms with Crippen LogP contribution in [0.25, 0.3) is 0 Å². The van der Waals surface area contributed by atoms with Gasteiger partial charge in [0.1, 0.15) is 0 Å². The Labute approximate surface area is 58.9 Å². The summed E-state index contributed by atoms with van der Waals surface area (Å²) in [5, 5.41) is 0.477. The number of H-pyrrole nitrogens is 1. The van der Waals surface area contributed by atoms with Crippen molar-refractivity contribution in [1.82, 2.24) is 4.98 Å². The third-order valence-electron chi connectivity index (χ3n) is 1.51. The molecule has 0 saturated carbocycles. The molecule has 0 spiro atoms. The van der Waals surface area contributed by atoms with Crippen LogP contribution in [-0.4, -0.2) is 11.2 Å². The second-order valence-corrected chi connectivity index (χ2v) is 3.03. The van der Waals surface area contributed by atoms with E-state index in [1.165, 1.54) is 5.69 Å². The molecular formula is C7H7NS. The minimum Gasteiger partial charge on any atom is -0.361 e. The van der Waals surface area contributed by atoms with Crippen molar-refractivity contribution in [2.24, 2.45) is 0 Å². The molecule has 1 N–H and O–H groups in total. The highest BCUT2D eigenvalue weighted by atomic mass is 32.2. The minimum atomic E-state index is 0.477. The van der Waals surface area contributed by atoms with Gasteiger partial charge in [-0.05, 0) is 18.4 Å². The van der Waals surface area contributed by atoms with E-state index in [1.54, 1.807) is 0 Å². The van der Waals surface area contributed by atoms with Gasteiger partial charge in [-0.25, -0.2) is 0 Å². The number of fused-ring (bicyclic) bond motifs is 2. The van der Waals surface area contributed by atoms with Crippen LogP contribution in [0, 0.1) is 6.42 Å². The summed E-state index contributed by atoms with van der Waals surface area (Å²) in [4.78, 5) is 3.22. The fourth-order valence-electron chi connectivity index (χ4n) is 1.05. The molecule has 2 heteroatoms. The van der Waals surface area contributed by atoms with E-state index in [0.717, 1.165) is 5.69 Å². The highest BCUT2D eigenvalue weighted by Crippen LogP contribution is 2.36. The highest BCUT2D eigenvalue weighted by molar-refractivity contribution is 7.98. The molecule has 46 valence electrons. The fraction of sp³-hybridized carbons (Fsp3) is 0.286. The van der Waals surface area contributed by atoms with E-state index in [-0.39, 0.29) is 0 Å². The maximum absolute atomic E-state index is 3.28. The molecule has 0 amide bonds. The predicted octanol–water partition coefficient (Wildman–Crippen LogP) is 1.86. The van der Waals surface area contributed by atoms with Crippen LogP contribution in [0.15, 0.2) is 12.1 Å². The summed E-state index contributed by atoms with van der Waals surface area (Å²) >= 11 is 1.81. The van der Waals surface area contributed by atoms with Gasteiger partial charge in [-0.15, -0.1) is 0 Å². The lowest BCUT2D eigenvalue weighted by Gasteiger charge is -2.04. The Morgan fingerprint density at radius 1 is 1.67 bits per heavy atom. The first-order valence-electron chi connectivity index (χ1n) is 2.88. The molecule has 0 aromatic carbocycles. The molecule has 0 saturated heterocycles. The second kappa shape index (κ2) is 1.81. The maximum atomic E-state index is 3.28. The van der Waals surface area contributed by atoms with Gasteiger partial charge in [0.15, 0.2) is 0 Å². The van der Waals surface area contributed by atoms with Crippen LogP contribution in [0.2, 0.25) is 0 Å². The van der Waals surface area contributed by atoms with Gasteiger partial charge in [0, 0.05) is 11.4 Å². The lowest BCUT2D eigenvalue weighted by atomic mass is 10.2. The largest absolute Gasteiger partial charge is 0.361 e. The molecule has 1 unspecified atom stereocenters. The SMILES string of the molecule is CSC1[C]c2ccc1[nH]2. The van der Waals surface area contributed by atoms with Crippen molar-refractivity contribution in [3.8, 4) is 0 Å². The molecule has 2 radical (unpaired) electrons. The van der Waals surface area contributed by atoms with Gasteiger partial charge in [-0.1, -0.05) is 0 Å². The summed E-state index contributed by atoms with van der Waals surface area (Å²) in [6.07, 6.45) is 5.38. The number of hydrogen-bond acceptors (Lipinski definition) is 1. The van der Waals surface area contributed by atoms with E-state index < -0.39 is 0 Å². The Balaban J connectivity index is 2.33. The first-order chi connectivity index (χ1) is 4.40. The maximum Gasteiger partial charge on any atom is 0.0576 e. The van der Waals surface area contributed by atoms with Crippen LogP contribution in [-0.2, 0) is 0 Å². The summed E-state index contributed by atoms with van der Waals surface area (Å²) in [7, 11) is 0. The van der Waals surface area contributed by atoms with E-state index in [0.29, 0.717) is 5.25 Å². The number of nitrogens with one attached hydrogen (secondary N) is 1. The van der Waals surface area contributed by atoms with Crippen LogP contribution in [0.4, 0.5) is 0 Å². The van der Waals surface area contributed by atoms with Crippen molar-refractivity contribution in [3.05, 3.63) is 29.9 Å². The summed E-state index contributed by atoms with van der Waals surface area (Å²) in [6, 6.07) is 4.18. The van der Waals surface area contributed by atoms with Gasteiger partial charge in [-0.3, -0.25) is 0 Å². The van der Waals surface area contributed by atoms with E-state index in [2.05, 4.69) is 29.8 Å². The van der Waals surface area contributed by atoms with Crippen LogP contribution >= 0.6 is 11.8 Å². The zero-order valence-corrected chi connectivity index (χ0v) is 5.96. The number of hydrogen-bond donors (Lipinski definition) is 1. The molecule has 2 rings (SSSR count). The molecular weight excluding hydrogens is 130 g/mol. The first kappa shape index (κ1) is 5.42. The molecule has 1 aliphatic rings. The van der Waals surface area contributed by atoms with Crippen LogP contribution in [0.5, 0.6) is 0 Å². The summed E-state index contributed by atoms with van der Waals surface area (Å²) in [5.74, 6) is 0. The third-order valence-corrected chi connectivity index (χ3v) is 2.36. The predicted molar refractivity (Wildman–Crippen MR) is 39.4 cm³/mol. The van der Waals surface area contributed by atoms with Crippen molar-refractivity contribution in [2.45, 2.75) is 5.25 Å². The molecule has 1 atom stereocenters. The summed E-state index contributed by atoms with van der Waals surface area (Å²) < 4.78 is 0. The van der Waals surface area contributed by atoms with Gasteiger partial charge in [0.2, 0.25) is 0 Å². The monoisotopic (exact) mass is 137 g/mol. The van der Waals surface area contributed by atoms with Gasteiger partial charge in [-0.2, -0.15) is 11.8 Å². The number of aromatic amines is 1. The first-order valence-corrected chi connectivity index (χ1v) is 4.17. The molecule has 1 nitrogen and oxygen atoms in total. The van der Waals surface area contributed by atoms with Gasteiger partial charge in [0.05, 0.1) is 11.7 Å². The van der Waals surface area contributed by atoms with E-state index >= 15 is 0 Å². The van der Waals surface area contributed by atoms with Crippen molar-refractivity contribution in [2.75, 3.05) is 6.26 Å². The Morgan fingerprint density at radius 2 is 2.56 bits per heavy atom. The molecule has 2 heterocycles. The number of rotatable bonds is 1. The smallest absolute Gasteiger partial charge is 0.0576 e. The average Bonchev–Trinajstić information content (AvgIpc) is 2.45. The van der Waals surface area contributed by atoms with Crippen molar-refractivity contribution >= 4 is 11.8 Å². The molecule has 2 bridgehead atoms. The van der Waals surface area contributed by atoms with Gasteiger partial charge < -0.3 is 4.98 Å². The van der Waals surface area contributed by atoms with Crippen LogP contribution in [0.1, 0.15) is 16.6 Å². The fourth-order valence-corrected chi connectivity index (χ4v) is 1.69. The molecule has 1 aromatic rings. The molecule has 0 aliphatic carbocycles. The zero-order valence-electron chi connectivity index (χ0n) is 5.14. The Hall–Kier alpha value is -0.370. The lowest BCUT2D eigenvalue weighted by Crippen LogP contribution is -1.88. The highest BCUT2D eigenvalue weighted by Gasteiger charge is 2.20. The topological polar surface area (TPSA) is 15.8 Å². The Bertz CT molecular complexity index is 216. The summed E-state index contributed by atoms with van der Waals surface area (Å²) in [6.45, 7) is 0. The standard InChI is InChI=1S/C7H7NS/c1-9-7-4-5-2-3-6(7)8-5/h2-3,7-8H,1H3. The van der Waals surface area contributed by atoms with Crippen LogP contribution < -0.4 is 0 Å². The lowest BCUT2D eigenvalue weighted by molar-refractivity contribution is 1.17. The third kappa shape index (κ3) is 0.697. The van der Waals surface area contributed by atoms with E-state index in [4.69, 9.17) is 0 Å². The molecule has 9 heavy (non-hydrogen) atoms. The number of aromatic nitrogens is 1. The van der Waals surface area contributed by atoms with Crippen LogP contribution in [0.3, 0.4) is 0 Å². The van der Waals surface area contributed by atoms with Crippen molar-refractivity contribution in [3.63, 3.8) is 0 Å². The number of thioether (sulfide) groups is 1. The second-order valence-electron chi connectivity index (χ2n) is 2.09. The molecule has 1 aliphatic heterocycles. The Kier molecular flexibility index (Phi) is 1.09. The molecule has 0 fully saturated rings. The molecule has 1 aromatic heterocycles. The van der Waals surface area contributed by atoms with Crippen molar-refractivity contribution < 1.29 is 0 Å². The average molecular weight is 137 g/mol.